The maximum absolute atomic E-state index is 13.0. The highest BCUT2D eigenvalue weighted by Gasteiger charge is 2.50. The minimum atomic E-state index is -4.56. The number of alkyl halides is 3. The minimum absolute atomic E-state index is 0.0627. The second kappa shape index (κ2) is 5.65. The minimum Gasteiger partial charge on any atom is -0.493 e. The Morgan fingerprint density at radius 3 is 2.50 bits per heavy atom. The first-order valence-corrected chi connectivity index (χ1v) is 8.96. The maximum Gasteiger partial charge on any atom is 0.416 e. The number of halogens is 3. The van der Waals surface area contributed by atoms with E-state index in [9.17, 15) is 27.9 Å². The number of imidazole rings is 1. The molecule has 2 atom stereocenters. The van der Waals surface area contributed by atoms with Crippen molar-refractivity contribution >= 4 is 5.91 Å². The zero-order valence-corrected chi connectivity index (χ0v) is 15.6. The van der Waals surface area contributed by atoms with E-state index in [1.54, 1.807) is 25.7 Å². The average Bonchev–Trinajstić information content (AvgIpc) is 3.24. The van der Waals surface area contributed by atoms with Gasteiger partial charge in [0.15, 0.2) is 0 Å². The number of benzene rings is 1. The highest BCUT2D eigenvalue weighted by atomic mass is 19.4. The van der Waals surface area contributed by atoms with Gasteiger partial charge in [0.2, 0.25) is 11.8 Å². The Hall–Kier alpha value is -2.71. The molecule has 2 bridgehead atoms. The van der Waals surface area contributed by atoms with Crippen molar-refractivity contribution in [3.05, 3.63) is 46.0 Å². The molecule has 1 saturated heterocycles. The van der Waals surface area contributed by atoms with E-state index in [1.807, 2.05) is 0 Å². The largest absolute Gasteiger partial charge is 0.493 e. The first-order chi connectivity index (χ1) is 12.9. The number of aromatic nitrogens is 2. The SMILES string of the molecule is CC(C)(C)C(=O)N1CC2CC1c1c(O)n(-c3cccc(C(F)(F)F)c3)c(=O)n12. The molecule has 6 nitrogen and oxygen atoms in total. The van der Waals surface area contributed by atoms with Crippen molar-refractivity contribution in [2.45, 2.75) is 45.5 Å². The molecule has 3 heterocycles. The first kappa shape index (κ1) is 18.6. The van der Waals surface area contributed by atoms with E-state index >= 15 is 0 Å². The molecule has 150 valence electrons. The number of aromatic hydroxyl groups is 1. The van der Waals surface area contributed by atoms with E-state index in [1.165, 1.54) is 16.7 Å². The van der Waals surface area contributed by atoms with E-state index in [0.29, 0.717) is 13.0 Å². The number of fused-ring (bicyclic) bond motifs is 5. The lowest BCUT2D eigenvalue weighted by molar-refractivity contribution is -0.141. The third kappa shape index (κ3) is 2.56. The van der Waals surface area contributed by atoms with Crippen LogP contribution in [0.4, 0.5) is 13.2 Å². The molecular weight excluding hydrogens is 375 g/mol. The Labute approximate surface area is 158 Å². The quantitative estimate of drug-likeness (QED) is 0.806. The lowest BCUT2D eigenvalue weighted by Crippen LogP contribution is -2.43. The monoisotopic (exact) mass is 395 g/mol. The van der Waals surface area contributed by atoms with Crippen molar-refractivity contribution in [1.29, 1.82) is 0 Å². The van der Waals surface area contributed by atoms with Crippen LogP contribution in [0.2, 0.25) is 0 Å². The number of likely N-dealkylation sites (tertiary alicyclic amines) is 1. The normalized spacial score (nSPS) is 21.3. The Morgan fingerprint density at radius 1 is 1.21 bits per heavy atom. The second-order valence-corrected chi connectivity index (χ2v) is 8.36. The van der Waals surface area contributed by atoms with Gasteiger partial charge in [-0.2, -0.15) is 13.2 Å². The van der Waals surface area contributed by atoms with Gasteiger partial charge < -0.3 is 10.0 Å². The molecule has 2 unspecified atom stereocenters. The summed E-state index contributed by atoms with van der Waals surface area (Å²) in [7, 11) is 0. The summed E-state index contributed by atoms with van der Waals surface area (Å²) in [6.07, 6.45) is -4.05. The van der Waals surface area contributed by atoms with Crippen LogP contribution in [0.1, 0.15) is 50.5 Å². The summed E-state index contributed by atoms with van der Waals surface area (Å²) in [6.45, 7) is 5.73. The highest BCUT2D eigenvalue weighted by Crippen LogP contribution is 2.49. The molecule has 0 radical (unpaired) electrons. The fourth-order valence-electron chi connectivity index (χ4n) is 4.16. The van der Waals surface area contributed by atoms with Crippen LogP contribution in [0.3, 0.4) is 0 Å². The van der Waals surface area contributed by atoms with Crippen molar-refractivity contribution < 1.29 is 23.1 Å². The summed E-state index contributed by atoms with van der Waals surface area (Å²) in [4.78, 5) is 27.3. The lowest BCUT2D eigenvalue weighted by atomic mass is 9.94. The number of carbonyl (C=O) groups is 1. The Bertz CT molecular complexity index is 1030. The van der Waals surface area contributed by atoms with Crippen molar-refractivity contribution in [3.8, 4) is 11.6 Å². The molecule has 1 aromatic carbocycles. The fraction of sp³-hybridized carbons (Fsp3) is 0.474. The van der Waals surface area contributed by atoms with Gasteiger partial charge in [-0.3, -0.25) is 9.36 Å². The van der Waals surface area contributed by atoms with Crippen molar-refractivity contribution in [3.63, 3.8) is 0 Å². The zero-order chi connectivity index (χ0) is 20.6. The molecule has 1 amide bonds. The Morgan fingerprint density at radius 2 is 1.89 bits per heavy atom. The van der Waals surface area contributed by atoms with Crippen molar-refractivity contribution in [2.75, 3.05) is 6.54 Å². The van der Waals surface area contributed by atoms with Gasteiger partial charge in [0.05, 0.1) is 23.3 Å². The smallest absolute Gasteiger partial charge is 0.416 e. The number of amides is 1. The summed E-state index contributed by atoms with van der Waals surface area (Å²) in [5.41, 5.74) is -1.89. The molecule has 0 aliphatic carbocycles. The second-order valence-electron chi connectivity index (χ2n) is 8.36. The van der Waals surface area contributed by atoms with E-state index < -0.39 is 34.8 Å². The predicted molar refractivity (Wildman–Crippen MR) is 94.3 cm³/mol. The summed E-state index contributed by atoms with van der Waals surface area (Å²) in [5, 5.41) is 10.7. The highest BCUT2D eigenvalue weighted by molar-refractivity contribution is 5.82. The third-order valence-corrected chi connectivity index (χ3v) is 5.39. The standard InChI is InChI=1S/C19H20F3N3O3/c1-18(2,3)16(27)23-9-12-8-13(23)14-15(26)25(17(28)24(12)14)11-6-4-5-10(7-11)19(20,21)22/h4-7,12-13,26H,8-9H2,1-3H3. The molecule has 2 aliphatic heterocycles. The van der Waals surface area contributed by atoms with Crippen LogP contribution < -0.4 is 5.69 Å². The number of hydrogen-bond acceptors (Lipinski definition) is 3. The molecule has 28 heavy (non-hydrogen) atoms. The van der Waals surface area contributed by atoms with Gasteiger partial charge in [-0.1, -0.05) is 26.8 Å². The molecule has 0 spiro atoms. The molecule has 2 aliphatic rings. The van der Waals surface area contributed by atoms with Crippen LogP contribution in [0, 0.1) is 5.41 Å². The number of rotatable bonds is 1. The summed E-state index contributed by atoms with van der Waals surface area (Å²) >= 11 is 0. The van der Waals surface area contributed by atoms with E-state index in [0.717, 1.165) is 16.7 Å². The zero-order valence-electron chi connectivity index (χ0n) is 15.6. The summed E-state index contributed by atoms with van der Waals surface area (Å²) < 4.78 is 41.4. The van der Waals surface area contributed by atoms with Gasteiger partial charge in [0.25, 0.3) is 0 Å². The van der Waals surface area contributed by atoms with Gasteiger partial charge in [-0.05, 0) is 24.6 Å². The molecule has 1 aromatic heterocycles. The van der Waals surface area contributed by atoms with Gasteiger partial charge >= 0.3 is 11.9 Å². The van der Waals surface area contributed by atoms with E-state index in [4.69, 9.17) is 0 Å². The fourth-order valence-corrected chi connectivity index (χ4v) is 4.16. The van der Waals surface area contributed by atoms with Gasteiger partial charge in [0, 0.05) is 12.0 Å². The summed E-state index contributed by atoms with van der Waals surface area (Å²) in [6, 6.07) is 3.51. The van der Waals surface area contributed by atoms with Crippen LogP contribution >= 0.6 is 0 Å². The van der Waals surface area contributed by atoms with Crippen LogP contribution in [0.15, 0.2) is 29.1 Å². The van der Waals surface area contributed by atoms with Gasteiger partial charge in [-0.15, -0.1) is 0 Å². The van der Waals surface area contributed by atoms with Gasteiger partial charge in [0.1, 0.15) is 5.69 Å². The number of carbonyl (C=O) groups excluding carboxylic acids is 1. The van der Waals surface area contributed by atoms with Crippen LogP contribution in [-0.4, -0.2) is 31.6 Å². The number of nitrogens with zero attached hydrogens (tertiary/aromatic N) is 3. The predicted octanol–water partition coefficient (Wildman–Crippen LogP) is 3.24. The van der Waals surface area contributed by atoms with Crippen LogP contribution in [0.5, 0.6) is 5.88 Å². The lowest BCUT2D eigenvalue weighted by Gasteiger charge is -2.32. The molecule has 2 aromatic rings. The molecule has 1 fully saturated rings. The topological polar surface area (TPSA) is 67.5 Å². The maximum atomic E-state index is 13.0. The Balaban J connectivity index is 1.81. The molecule has 4 rings (SSSR count). The number of hydrogen-bond donors (Lipinski definition) is 1. The summed E-state index contributed by atoms with van der Waals surface area (Å²) in [5.74, 6) is -0.506. The van der Waals surface area contributed by atoms with E-state index in [2.05, 4.69) is 0 Å². The third-order valence-electron chi connectivity index (χ3n) is 5.39. The molecule has 9 heteroatoms. The molecular formula is C19H20F3N3O3. The Kier molecular flexibility index (Phi) is 3.76. The van der Waals surface area contributed by atoms with Gasteiger partial charge in [-0.25, -0.2) is 9.36 Å². The van der Waals surface area contributed by atoms with Crippen LogP contribution in [0.25, 0.3) is 5.69 Å². The molecule has 0 saturated carbocycles. The van der Waals surface area contributed by atoms with Crippen molar-refractivity contribution in [2.24, 2.45) is 5.41 Å². The van der Waals surface area contributed by atoms with Crippen LogP contribution in [-0.2, 0) is 11.0 Å². The first-order valence-electron chi connectivity index (χ1n) is 8.96. The molecule has 1 N–H and O–H groups in total. The average molecular weight is 395 g/mol. The van der Waals surface area contributed by atoms with Crippen molar-refractivity contribution in [1.82, 2.24) is 14.0 Å². The van der Waals surface area contributed by atoms with E-state index in [-0.39, 0.29) is 23.3 Å².